The molecule has 144 valence electrons. The van der Waals surface area contributed by atoms with Crippen molar-refractivity contribution < 1.29 is 28.7 Å². The van der Waals surface area contributed by atoms with Crippen LogP contribution in [-0.4, -0.2) is 47.8 Å². The van der Waals surface area contributed by atoms with Gasteiger partial charge in [-0.3, -0.25) is 25.0 Å². The summed E-state index contributed by atoms with van der Waals surface area (Å²) in [6.07, 6.45) is -0.0854. The number of rotatable bonds is 8. The Labute approximate surface area is 157 Å². The highest BCUT2D eigenvalue weighted by Gasteiger charge is 2.25. The molecule has 1 amide bonds. The molecule has 1 aromatic heterocycles. The standard InChI is InChI=1S/C15H16N4O7S/c1-4-26-13(20)7-12-17-18-15(27-12)16-14(21)8-5-10(24-2)11(25-3)6-9(8)19(22)23/h5-6H,4,7H2,1-3H3,(H,16,18,21). The summed E-state index contributed by atoms with van der Waals surface area (Å²) >= 11 is 0.961. The maximum absolute atomic E-state index is 12.5. The predicted octanol–water partition coefficient (Wildman–Crippen LogP) is 1.82. The van der Waals surface area contributed by atoms with Crippen LogP contribution in [0.1, 0.15) is 22.3 Å². The summed E-state index contributed by atoms with van der Waals surface area (Å²) in [4.78, 5) is 34.5. The number of hydrogen-bond donors (Lipinski definition) is 1. The summed E-state index contributed by atoms with van der Waals surface area (Å²) in [7, 11) is 2.67. The monoisotopic (exact) mass is 396 g/mol. The number of anilines is 1. The van der Waals surface area contributed by atoms with Crippen molar-refractivity contribution >= 4 is 34.0 Å². The highest BCUT2D eigenvalue weighted by molar-refractivity contribution is 7.15. The molecule has 1 N–H and O–H groups in total. The van der Waals surface area contributed by atoms with Crippen LogP contribution in [0.2, 0.25) is 0 Å². The number of carbonyl (C=O) groups excluding carboxylic acids is 2. The molecule has 0 bridgehead atoms. The number of nitro groups is 1. The van der Waals surface area contributed by atoms with Crippen molar-refractivity contribution in [2.75, 3.05) is 26.1 Å². The Morgan fingerprint density at radius 3 is 2.48 bits per heavy atom. The van der Waals surface area contributed by atoms with Gasteiger partial charge >= 0.3 is 5.97 Å². The zero-order chi connectivity index (χ0) is 20.0. The van der Waals surface area contributed by atoms with E-state index in [2.05, 4.69) is 15.5 Å². The van der Waals surface area contributed by atoms with E-state index in [0.717, 1.165) is 17.4 Å². The molecule has 27 heavy (non-hydrogen) atoms. The van der Waals surface area contributed by atoms with Gasteiger partial charge in [0.1, 0.15) is 10.6 Å². The Bertz CT molecular complexity index is 868. The minimum absolute atomic E-state index is 0.0854. The summed E-state index contributed by atoms with van der Waals surface area (Å²) in [5.41, 5.74) is -0.693. The second kappa shape index (κ2) is 8.89. The SMILES string of the molecule is CCOC(=O)Cc1nnc(NC(=O)c2cc(OC)c(OC)cc2[N+](=O)[O-])s1. The van der Waals surface area contributed by atoms with Gasteiger partial charge in [-0.2, -0.15) is 0 Å². The van der Waals surface area contributed by atoms with Crippen LogP contribution in [0.15, 0.2) is 12.1 Å². The Kier molecular flexibility index (Phi) is 6.60. The fourth-order valence-corrected chi connectivity index (χ4v) is 2.80. The normalized spacial score (nSPS) is 10.2. The molecule has 12 heteroatoms. The van der Waals surface area contributed by atoms with Gasteiger partial charge in [-0.25, -0.2) is 0 Å². The number of nitro benzene ring substituents is 1. The third-order valence-corrected chi connectivity index (χ3v) is 4.07. The van der Waals surface area contributed by atoms with Crippen LogP contribution in [-0.2, 0) is 16.0 Å². The fourth-order valence-electron chi connectivity index (χ4n) is 2.08. The first-order valence-corrected chi connectivity index (χ1v) is 8.41. The van der Waals surface area contributed by atoms with Gasteiger partial charge in [-0.1, -0.05) is 11.3 Å². The van der Waals surface area contributed by atoms with Crippen LogP contribution in [0.4, 0.5) is 10.8 Å². The Hall–Kier alpha value is -3.28. The number of esters is 1. The number of nitrogens with one attached hydrogen (secondary N) is 1. The van der Waals surface area contributed by atoms with Crippen molar-refractivity contribution in [3.05, 3.63) is 32.8 Å². The topological polar surface area (TPSA) is 143 Å². The highest BCUT2D eigenvalue weighted by Crippen LogP contribution is 2.35. The van der Waals surface area contributed by atoms with Crippen molar-refractivity contribution in [2.45, 2.75) is 13.3 Å². The first kappa shape index (κ1) is 20.0. The van der Waals surface area contributed by atoms with Crippen molar-refractivity contribution in [1.29, 1.82) is 0 Å². The number of carbonyl (C=O) groups is 2. The number of amides is 1. The van der Waals surface area contributed by atoms with Gasteiger partial charge in [0.25, 0.3) is 11.6 Å². The molecule has 2 aromatic rings. The van der Waals surface area contributed by atoms with E-state index in [4.69, 9.17) is 14.2 Å². The van der Waals surface area contributed by atoms with Gasteiger partial charge in [0, 0.05) is 6.07 Å². The van der Waals surface area contributed by atoms with Gasteiger partial charge in [-0.05, 0) is 6.92 Å². The molecule has 0 saturated heterocycles. The van der Waals surface area contributed by atoms with Gasteiger partial charge in [0.2, 0.25) is 5.13 Å². The van der Waals surface area contributed by atoms with E-state index in [-0.39, 0.29) is 35.2 Å². The van der Waals surface area contributed by atoms with E-state index in [1.165, 1.54) is 20.3 Å². The fraction of sp³-hybridized carbons (Fsp3) is 0.333. The molecule has 1 aromatic carbocycles. The van der Waals surface area contributed by atoms with Crippen LogP contribution in [0.25, 0.3) is 0 Å². The first-order chi connectivity index (χ1) is 12.9. The third-order valence-electron chi connectivity index (χ3n) is 3.23. The lowest BCUT2D eigenvalue weighted by molar-refractivity contribution is -0.385. The lowest BCUT2D eigenvalue weighted by atomic mass is 10.1. The molecule has 0 atom stereocenters. The summed E-state index contributed by atoms with van der Waals surface area (Å²) in [5.74, 6) is -0.967. The van der Waals surface area contributed by atoms with Crippen LogP contribution >= 0.6 is 11.3 Å². The number of methoxy groups -OCH3 is 2. The number of nitrogens with zero attached hydrogens (tertiary/aromatic N) is 3. The van der Waals surface area contributed by atoms with Crippen LogP contribution in [0, 0.1) is 10.1 Å². The van der Waals surface area contributed by atoms with Gasteiger partial charge < -0.3 is 14.2 Å². The number of hydrogen-bond acceptors (Lipinski definition) is 10. The van der Waals surface area contributed by atoms with E-state index in [0.29, 0.717) is 5.01 Å². The zero-order valence-corrected chi connectivity index (χ0v) is 15.5. The quantitative estimate of drug-likeness (QED) is 0.401. The van der Waals surface area contributed by atoms with E-state index < -0.39 is 22.5 Å². The van der Waals surface area contributed by atoms with Crippen LogP contribution < -0.4 is 14.8 Å². The van der Waals surface area contributed by atoms with Crippen LogP contribution in [0.5, 0.6) is 11.5 Å². The van der Waals surface area contributed by atoms with Gasteiger partial charge in [0.15, 0.2) is 11.5 Å². The van der Waals surface area contributed by atoms with Gasteiger partial charge in [-0.15, -0.1) is 10.2 Å². The van der Waals surface area contributed by atoms with Crippen molar-refractivity contribution in [3.63, 3.8) is 0 Å². The molecular formula is C15H16N4O7S. The average Bonchev–Trinajstić information content (AvgIpc) is 3.07. The minimum Gasteiger partial charge on any atom is -0.493 e. The van der Waals surface area contributed by atoms with E-state index in [9.17, 15) is 19.7 Å². The molecule has 0 saturated carbocycles. The van der Waals surface area contributed by atoms with Crippen LogP contribution in [0.3, 0.4) is 0 Å². The first-order valence-electron chi connectivity index (χ1n) is 7.59. The Balaban J connectivity index is 2.24. The second-order valence-electron chi connectivity index (χ2n) is 4.92. The summed E-state index contributed by atoms with van der Waals surface area (Å²) in [6.45, 7) is 1.92. The molecular weight excluding hydrogens is 380 g/mol. The van der Waals surface area contributed by atoms with E-state index in [1.807, 2.05) is 0 Å². The predicted molar refractivity (Wildman–Crippen MR) is 94.4 cm³/mol. The minimum atomic E-state index is -0.776. The number of aromatic nitrogens is 2. The molecule has 0 aliphatic heterocycles. The molecule has 11 nitrogen and oxygen atoms in total. The van der Waals surface area contributed by atoms with Crippen molar-refractivity contribution in [1.82, 2.24) is 10.2 Å². The van der Waals surface area contributed by atoms with Crippen molar-refractivity contribution in [2.24, 2.45) is 0 Å². The third kappa shape index (κ3) is 4.88. The zero-order valence-electron chi connectivity index (χ0n) is 14.7. The van der Waals surface area contributed by atoms with E-state index >= 15 is 0 Å². The molecule has 1 heterocycles. The molecule has 2 rings (SSSR count). The van der Waals surface area contributed by atoms with E-state index in [1.54, 1.807) is 6.92 Å². The number of benzene rings is 1. The molecule has 0 aliphatic rings. The largest absolute Gasteiger partial charge is 0.493 e. The molecule has 0 spiro atoms. The smallest absolute Gasteiger partial charge is 0.312 e. The molecule has 0 aliphatic carbocycles. The Morgan fingerprint density at radius 2 is 1.89 bits per heavy atom. The lowest BCUT2D eigenvalue weighted by Gasteiger charge is -2.10. The molecule has 0 fully saturated rings. The number of ether oxygens (including phenoxy) is 3. The second-order valence-corrected chi connectivity index (χ2v) is 5.98. The maximum atomic E-state index is 12.5. The highest BCUT2D eigenvalue weighted by atomic mass is 32.1. The summed E-state index contributed by atoms with van der Waals surface area (Å²) < 4.78 is 14.9. The summed E-state index contributed by atoms with van der Waals surface area (Å²) in [6, 6.07) is 2.30. The summed E-state index contributed by atoms with van der Waals surface area (Å²) in [5, 5.41) is 21.7. The van der Waals surface area contributed by atoms with Gasteiger partial charge in [0.05, 0.1) is 38.2 Å². The Morgan fingerprint density at radius 1 is 1.22 bits per heavy atom. The lowest BCUT2D eigenvalue weighted by Crippen LogP contribution is -2.14. The molecule has 0 radical (unpaired) electrons. The molecule has 0 unspecified atom stereocenters. The maximum Gasteiger partial charge on any atom is 0.312 e. The van der Waals surface area contributed by atoms with Crippen molar-refractivity contribution in [3.8, 4) is 11.5 Å². The average molecular weight is 396 g/mol.